The van der Waals surface area contributed by atoms with Gasteiger partial charge in [0.25, 0.3) is 0 Å². The molecule has 0 radical (unpaired) electrons. The number of likely N-dealkylation sites (N-methyl/N-ethyl adjacent to an activating group) is 1. The van der Waals surface area contributed by atoms with Crippen LogP contribution in [0.2, 0.25) is 0 Å². The first-order chi connectivity index (χ1) is 12.5. The summed E-state index contributed by atoms with van der Waals surface area (Å²) in [5.74, 6) is 1.59. The third kappa shape index (κ3) is 2.79. The first kappa shape index (κ1) is 17.4. The van der Waals surface area contributed by atoms with Crippen molar-refractivity contribution in [2.75, 3.05) is 40.6 Å². The summed E-state index contributed by atoms with van der Waals surface area (Å²) in [6, 6.07) is 3.89. The topological polar surface area (TPSA) is 71.5 Å². The van der Waals surface area contributed by atoms with Gasteiger partial charge in [0.1, 0.15) is 5.75 Å². The zero-order valence-corrected chi connectivity index (χ0v) is 15.4. The molecule has 7 heteroatoms. The van der Waals surface area contributed by atoms with E-state index in [0.717, 1.165) is 49.5 Å². The molecular weight excluding hydrogens is 336 g/mol. The van der Waals surface area contributed by atoms with Crippen molar-refractivity contribution in [3.05, 3.63) is 17.7 Å². The minimum atomic E-state index is -0.644. The molecule has 2 atom stereocenters. The number of ether oxygens (including phenoxy) is 3. The van der Waals surface area contributed by atoms with Gasteiger partial charge in [0.15, 0.2) is 11.5 Å². The van der Waals surface area contributed by atoms with Gasteiger partial charge in [-0.15, -0.1) is 0 Å². The van der Waals surface area contributed by atoms with Crippen molar-refractivity contribution >= 4 is 5.97 Å². The van der Waals surface area contributed by atoms with Crippen molar-refractivity contribution in [2.45, 2.75) is 31.8 Å². The van der Waals surface area contributed by atoms with Crippen molar-refractivity contribution in [1.29, 1.82) is 0 Å². The Morgan fingerprint density at radius 2 is 2.08 bits per heavy atom. The van der Waals surface area contributed by atoms with Gasteiger partial charge in [-0.3, -0.25) is 9.69 Å². The molecule has 1 N–H and O–H groups in total. The Kier molecular flexibility index (Phi) is 4.44. The molecule has 1 aromatic rings. The van der Waals surface area contributed by atoms with Crippen LogP contribution in [0.1, 0.15) is 24.8 Å². The Morgan fingerprint density at radius 1 is 1.31 bits per heavy atom. The van der Waals surface area contributed by atoms with Crippen molar-refractivity contribution in [3.8, 4) is 17.2 Å². The standard InChI is InChI=1S/C19H26N2O5/c1-20-6-3-4-19(18(22)23)5-7-21(11-17(19)20)10-13-8-15-16(26-12-25-15)9-14(13)24-2/h8-9,17H,3-7,10-12H2,1-2H3,(H,22,23)/t17-,19+/m1/s1. The average molecular weight is 362 g/mol. The fourth-order valence-corrected chi connectivity index (χ4v) is 4.71. The lowest BCUT2D eigenvalue weighted by atomic mass is 9.68. The maximum atomic E-state index is 12.1. The van der Waals surface area contributed by atoms with Crippen LogP contribution in [0.4, 0.5) is 0 Å². The van der Waals surface area contributed by atoms with Crippen LogP contribution in [-0.2, 0) is 11.3 Å². The van der Waals surface area contributed by atoms with Crippen LogP contribution < -0.4 is 14.2 Å². The highest BCUT2D eigenvalue weighted by atomic mass is 16.7. The SMILES string of the molecule is COc1cc2c(cc1CN1CC[C@@]3(C(=O)O)CCCN(C)[C@@H]3C1)OCO2. The molecule has 3 aliphatic rings. The molecule has 3 heterocycles. The molecule has 0 amide bonds. The second kappa shape index (κ2) is 6.63. The predicted octanol–water partition coefficient (Wildman–Crippen LogP) is 1.79. The molecule has 26 heavy (non-hydrogen) atoms. The number of rotatable bonds is 4. The van der Waals surface area contributed by atoms with Crippen LogP contribution in [0.15, 0.2) is 12.1 Å². The molecule has 0 aromatic heterocycles. The van der Waals surface area contributed by atoms with Crippen molar-refractivity contribution in [2.24, 2.45) is 5.41 Å². The molecule has 4 rings (SSSR count). The third-order valence-electron chi connectivity index (χ3n) is 6.20. The quantitative estimate of drug-likeness (QED) is 0.876. The van der Waals surface area contributed by atoms with Gasteiger partial charge < -0.3 is 24.2 Å². The minimum Gasteiger partial charge on any atom is -0.496 e. The van der Waals surface area contributed by atoms with E-state index in [-0.39, 0.29) is 12.8 Å². The smallest absolute Gasteiger partial charge is 0.311 e. The van der Waals surface area contributed by atoms with Gasteiger partial charge in [0, 0.05) is 30.8 Å². The number of likely N-dealkylation sites (tertiary alicyclic amines) is 2. The number of fused-ring (bicyclic) bond motifs is 2. The summed E-state index contributed by atoms with van der Waals surface area (Å²) in [7, 11) is 3.70. The number of hydrogen-bond acceptors (Lipinski definition) is 6. The summed E-state index contributed by atoms with van der Waals surface area (Å²) >= 11 is 0. The van der Waals surface area contributed by atoms with Gasteiger partial charge in [-0.25, -0.2) is 0 Å². The number of carboxylic acids is 1. The average Bonchev–Trinajstić information content (AvgIpc) is 3.09. The van der Waals surface area contributed by atoms with E-state index in [9.17, 15) is 9.90 Å². The number of carboxylic acid groups (broad SMARTS) is 1. The molecule has 3 aliphatic heterocycles. The van der Waals surface area contributed by atoms with Gasteiger partial charge in [-0.2, -0.15) is 0 Å². The lowest BCUT2D eigenvalue weighted by Gasteiger charge is -2.51. The van der Waals surface area contributed by atoms with E-state index in [2.05, 4.69) is 9.80 Å². The Morgan fingerprint density at radius 3 is 2.81 bits per heavy atom. The summed E-state index contributed by atoms with van der Waals surface area (Å²) in [5.41, 5.74) is 0.431. The monoisotopic (exact) mass is 362 g/mol. The first-order valence-electron chi connectivity index (χ1n) is 9.16. The highest BCUT2D eigenvalue weighted by Gasteiger charge is 2.52. The van der Waals surface area contributed by atoms with Gasteiger partial charge in [0.05, 0.1) is 12.5 Å². The molecular formula is C19H26N2O5. The van der Waals surface area contributed by atoms with Gasteiger partial charge in [-0.05, 0) is 45.5 Å². The van der Waals surface area contributed by atoms with Crippen molar-refractivity contribution in [1.82, 2.24) is 9.80 Å². The molecule has 2 saturated heterocycles. The van der Waals surface area contributed by atoms with Gasteiger partial charge >= 0.3 is 5.97 Å². The number of methoxy groups -OCH3 is 1. The highest BCUT2D eigenvalue weighted by Crippen LogP contribution is 2.43. The fourth-order valence-electron chi connectivity index (χ4n) is 4.71. The maximum Gasteiger partial charge on any atom is 0.311 e. The summed E-state index contributed by atoms with van der Waals surface area (Å²) in [6.45, 7) is 3.43. The molecule has 0 spiro atoms. The van der Waals surface area contributed by atoms with E-state index < -0.39 is 11.4 Å². The number of aliphatic carboxylic acids is 1. The second-order valence-corrected chi connectivity index (χ2v) is 7.56. The van der Waals surface area contributed by atoms with E-state index in [1.165, 1.54) is 0 Å². The molecule has 142 valence electrons. The van der Waals surface area contributed by atoms with E-state index in [0.29, 0.717) is 18.7 Å². The Hall–Kier alpha value is -1.99. The summed E-state index contributed by atoms with van der Waals surface area (Å²) in [4.78, 5) is 16.6. The Balaban J connectivity index is 1.55. The molecule has 1 aromatic carbocycles. The largest absolute Gasteiger partial charge is 0.496 e. The highest BCUT2D eigenvalue weighted by molar-refractivity contribution is 5.76. The second-order valence-electron chi connectivity index (χ2n) is 7.56. The summed E-state index contributed by atoms with van der Waals surface area (Å²) < 4.78 is 16.4. The van der Waals surface area contributed by atoms with Crippen LogP contribution in [-0.4, -0.2) is 67.5 Å². The van der Waals surface area contributed by atoms with Crippen molar-refractivity contribution < 1.29 is 24.1 Å². The predicted molar refractivity (Wildman–Crippen MR) is 94.7 cm³/mol. The van der Waals surface area contributed by atoms with Crippen LogP contribution >= 0.6 is 0 Å². The zero-order chi connectivity index (χ0) is 18.3. The van der Waals surface area contributed by atoms with E-state index in [1.54, 1.807) is 7.11 Å². The molecule has 7 nitrogen and oxygen atoms in total. The first-order valence-corrected chi connectivity index (χ1v) is 9.16. The lowest BCUT2D eigenvalue weighted by molar-refractivity contribution is -0.162. The lowest BCUT2D eigenvalue weighted by Crippen LogP contribution is -2.62. The molecule has 2 fully saturated rings. The number of benzene rings is 1. The van der Waals surface area contributed by atoms with E-state index in [1.807, 2.05) is 19.2 Å². The molecule has 0 bridgehead atoms. The van der Waals surface area contributed by atoms with Gasteiger partial charge in [-0.1, -0.05) is 0 Å². The maximum absolute atomic E-state index is 12.1. The zero-order valence-electron chi connectivity index (χ0n) is 15.4. The van der Waals surface area contributed by atoms with Gasteiger partial charge in [0.2, 0.25) is 6.79 Å². The van der Waals surface area contributed by atoms with Crippen LogP contribution in [0.3, 0.4) is 0 Å². The van der Waals surface area contributed by atoms with E-state index >= 15 is 0 Å². The number of nitrogens with zero attached hydrogens (tertiary/aromatic N) is 2. The number of hydrogen-bond donors (Lipinski definition) is 1. The third-order valence-corrected chi connectivity index (χ3v) is 6.20. The van der Waals surface area contributed by atoms with Crippen LogP contribution in [0.5, 0.6) is 17.2 Å². The van der Waals surface area contributed by atoms with Crippen LogP contribution in [0.25, 0.3) is 0 Å². The van der Waals surface area contributed by atoms with Crippen molar-refractivity contribution in [3.63, 3.8) is 0 Å². The van der Waals surface area contributed by atoms with E-state index in [4.69, 9.17) is 14.2 Å². The Bertz CT molecular complexity index is 709. The fraction of sp³-hybridized carbons (Fsp3) is 0.632. The molecule has 0 saturated carbocycles. The summed E-state index contributed by atoms with van der Waals surface area (Å²) in [5, 5.41) is 9.91. The Labute approximate surface area is 153 Å². The van der Waals surface area contributed by atoms with Crippen LogP contribution in [0, 0.1) is 5.41 Å². The number of piperidine rings is 2. The minimum absolute atomic E-state index is 0.0440. The molecule has 0 unspecified atom stereocenters. The normalized spacial score (nSPS) is 28.6. The summed E-state index contributed by atoms with van der Waals surface area (Å²) in [6.07, 6.45) is 2.41. The number of carbonyl (C=O) groups is 1. The molecule has 0 aliphatic carbocycles.